The number of aromatic nitrogens is 3. The number of carbonyl (C=O) groups is 2. The lowest BCUT2D eigenvalue weighted by Gasteiger charge is -2.36. The quantitative estimate of drug-likeness (QED) is 0.577. The number of para-hydroxylation sites is 1. The van der Waals surface area contributed by atoms with Gasteiger partial charge in [0.05, 0.1) is 5.52 Å². The van der Waals surface area contributed by atoms with Crippen LogP contribution in [-0.2, 0) is 11.3 Å². The highest BCUT2D eigenvalue weighted by molar-refractivity contribution is 5.95. The van der Waals surface area contributed by atoms with Crippen LogP contribution in [0.2, 0.25) is 0 Å². The summed E-state index contributed by atoms with van der Waals surface area (Å²) in [5.41, 5.74) is 1.76. The molecule has 0 saturated carbocycles. The van der Waals surface area contributed by atoms with Gasteiger partial charge in [0.1, 0.15) is 17.7 Å². The van der Waals surface area contributed by atoms with Gasteiger partial charge in [-0.3, -0.25) is 14.4 Å². The molecule has 3 heterocycles. The first-order valence-electron chi connectivity index (χ1n) is 11.4. The summed E-state index contributed by atoms with van der Waals surface area (Å²) in [6.07, 6.45) is 4.29. The monoisotopic (exact) mass is 465 g/mol. The molecule has 3 aromatic rings. The number of aryl methyl sites for hydroxylation is 2. The van der Waals surface area contributed by atoms with Crippen molar-refractivity contribution in [3.05, 3.63) is 64.3 Å². The van der Waals surface area contributed by atoms with Crippen molar-refractivity contribution in [2.75, 3.05) is 31.1 Å². The number of anilines is 1. The highest BCUT2D eigenvalue weighted by Gasteiger charge is 2.27. The minimum atomic E-state index is -0.250. The van der Waals surface area contributed by atoms with Crippen molar-refractivity contribution in [2.24, 2.45) is 5.92 Å². The maximum Gasteiger partial charge on any atom is 0.290 e. The topological polar surface area (TPSA) is 109 Å². The fourth-order valence-corrected chi connectivity index (χ4v) is 4.02. The van der Waals surface area contributed by atoms with Crippen LogP contribution < -0.4 is 10.5 Å². The van der Waals surface area contributed by atoms with Crippen LogP contribution in [-0.4, -0.2) is 63.1 Å². The molecule has 0 aliphatic carbocycles. The number of amides is 1. The van der Waals surface area contributed by atoms with Gasteiger partial charge >= 0.3 is 0 Å². The van der Waals surface area contributed by atoms with Crippen LogP contribution in [0.25, 0.3) is 10.9 Å². The van der Waals surface area contributed by atoms with E-state index in [1.807, 2.05) is 37.3 Å². The Morgan fingerprint density at radius 2 is 1.79 bits per heavy atom. The molecule has 0 spiro atoms. The first-order valence-corrected chi connectivity index (χ1v) is 11.4. The van der Waals surface area contributed by atoms with Crippen molar-refractivity contribution in [1.29, 1.82) is 0 Å². The molecule has 34 heavy (non-hydrogen) atoms. The van der Waals surface area contributed by atoms with Crippen molar-refractivity contribution < 1.29 is 14.7 Å². The van der Waals surface area contributed by atoms with Gasteiger partial charge in [-0.15, -0.1) is 0 Å². The average molecular weight is 466 g/mol. The molecule has 1 fully saturated rings. The van der Waals surface area contributed by atoms with Crippen LogP contribution in [0.1, 0.15) is 36.2 Å². The largest absolute Gasteiger partial charge is 0.483 e. The summed E-state index contributed by atoms with van der Waals surface area (Å²) >= 11 is 0. The second kappa shape index (κ2) is 11.4. The third-order valence-corrected chi connectivity index (χ3v) is 5.92. The van der Waals surface area contributed by atoms with Gasteiger partial charge < -0.3 is 19.5 Å². The zero-order chi connectivity index (χ0) is 24.7. The number of carbonyl (C=O) groups excluding carboxylic acids is 1. The highest BCUT2D eigenvalue weighted by Crippen LogP contribution is 2.24. The molecule has 4 rings (SSSR count). The van der Waals surface area contributed by atoms with Crippen molar-refractivity contribution in [3.63, 3.8) is 0 Å². The van der Waals surface area contributed by atoms with E-state index < -0.39 is 0 Å². The van der Waals surface area contributed by atoms with Gasteiger partial charge in [-0.05, 0) is 43.0 Å². The minimum Gasteiger partial charge on any atom is -0.483 e. The molecule has 1 aliphatic rings. The second-order valence-corrected chi connectivity index (χ2v) is 8.65. The van der Waals surface area contributed by atoms with Crippen molar-refractivity contribution in [1.82, 2.24) is 19.4 Å². The Balaban J connectivity index is 0.00000103. The van der Waals surface area contributed by atoms with Crippen LogP contribution >= 0.6 is 0 Å². The van der Waals surface area contributed by atoms with Crippen LogP contribution in [0.3, 0.4) is 0 Å². The van der Waals surface area contributed by atoms with E-state index in [4.69, 9.17) is 9.90 Å². The molecular formula is C25H31N5O4. The molecule has 2 aromatic heterocycles. The number of hydrogen-bond acceptors (Lipinski definition) is 6. The van der Waals surface area contributed by atoms with Crippen molar-refractivity contribution >= 4 is 29.1 Å². The predicted molar refractivity (Wildman–Crippen MR) is 131 cm³/mol. The number of nitrogens with zero attached hydrogens (tertiary/aromatic N) is 5. The molecule has 1 aliphatic heterocycles. The van der Waals surface area contributed by atoms with Gasteiger partial charge in [-0.25, -0.2) is 9.97 Å². The van der Waals surface area contributed by atoms with Gasteiger partial charge in [0, 0.05) is 44.3 Å². The SMILES string of the molecule is Cc1ccn(CCC(C)C)c(=O)c1C(=O)N1CCN(c2ncnc3ccccc23)CC1.O=CO. The van der Waals surface area contributed by atoms with Crippen molar-refractivity contribution in [2.45, 2.75) is 33.7 Å². The summed E-state index contributed by atoms with van der Waals surface area (Å²) in [6, 6.07) is 9.82. The molecule has 1 N–H and O–H groups in total. The molecule has 1 aromatic carbocycles. The molecule has 0 radical (unpaired) electrons. The van der Waals surface area contributed by atoms with Crippen LogP contribution in [0.15, 0.2) is 47.7 Å². The van der Waals surface area contributed by atoms with Gasteiger partial charge in [0.15, 0.2) is 0 Å². The number of pyridine rings is 1. The zero-order valence-corrected chi connectivity index (χ0v) is 19.8. The number of hydrogen-bond donors (Lipinski definition) is 1. The van der Waals surface area contributed by atoms with E-state index in [-0.39, 0.29) is 17.9 Å². The minimum absolute atomic E-state index is 0.173. The Kier molecular flexibility index (Phi) is 8.34. The van der Waals surface area contributed by atoms with Gasteiger partial charge in [-0.2, -0.15) is 0 Å². The summed E-state index contributed by atoms with van der Waals surface area (Å²) in [7, 11) is 0. The lowest BCUT2D eigenvalue weighted by Crippen LogP contribution is -2.50. The Labute approximate surface area is 198 Å². The van der Waals surface area contributed by atoms with E-state index in [1.54, 1.807) is 22.0 Å². The van der Waals surface area contributed by atoms with Crippen molar-refractivity contribution in [3.8, 4) is 0 Å². The molecular weight excluding hydrogens is 434 g/mol. The summed E-state index contributed by atoms with van der Waals surface area (Å²) < 4.78 is 1.67. The van der Waals surface area contributed by atoms with Crippen LogP contribution in [0, 0.1) is 12.8 Å². The highest BCUT2D eigenvalue weighted by atomic mass is 16.3. The molecule has 1 saturated heterocycles. The Morgan fingerprint density at radius 1 is 1.12 bits per heavy atom. The van der Waals surface area contributed by atoms with E-state index in [1.165, 1.54) is 0 Å². The third kappa shape index (κ3) is 5.59. The van der Waals surface area contributed by atoms with E-state index >= 15 is 0 Å². The molecule has 9 nitrogen and oxygen atoms in total. The van der Waals surface area contributed by atoms with Crippen LogP contribution in [0.4, 0.5) is 5.82 Å². The number of fused-ring (bicyclic) bond motifs is 1. The van der Waals surface area contributed by atoms with Gasteiger partial charge in [0.2, 0.25) is 0 Å². The maximum absolute atomic E-state index is 13.3. The number of carboxylic acid groups (broad SMARTS) is 1. The smallest absolute Gasteiger partial charge is 0.290 e. The van der Waals surface area contributed by atoms with Gasteiger partial charge in [-0.1, -0.05) is 26.0 Å². The molecule has 0 bridgehead atoms. The van der Waals surface area contributed by atoms with E-state index in [9.17, 15) is 9.59 Å². The predicted octanol–water partition coefficient (Wildman–Crippen LogP) is 2.81. The average Bonchev–Trinajstić information content (AvgIpc) is 2.83. The molecule has 0 unspecified atom stereocenters. The first-order chi connectivity index (χ1) is 16.4. The van der Waals surface area contributed by atoms with E-state index in [0.29, 0.717) is 44.2 Å². The van der Waals surface area contributed by atoms with E-state index in [2.05, 4.69) is 28.7 Å². The third-order valence-electron chi connectivity index (χ3n) is 5.92. The standard InChI is InChI=1S/C24H29N5O2.CH2O2/c1-17(2)8-10-28-11-9-18(3)21(23(28)30)24(31)29-14-12-27(13-15-29)22-19-6-4-5-7-20(19)25-16-26-22;2-1-3/h4-7,9,11,16-17H,8,10,12-15H2,1-3H3;1H,(H,2,3). The maximum atomic E-state index is 13.3. The van der Waals surface area contributed by atoms with Crippen LogP contribution in [0.5, 0.6) is 0 Å². The Hall–Kier alpha value is -3.75. The molecule has 0 atom stereocenters. The summed E-state index contributed by atoms with van der Waals surface area (Å²) in [6.45, 7) is 8.92. The number of benzene rings is 1. The second-order valence-electron chi connectivity index (χ2n) is 8.65. The summed E-state index contributed by atoms with van der Waals surface area (Å²) in [5, 5.41) is 7.90. The summed E-state index contributed by atoms with van der Waals surface area (Å²) in [4.78, 5) is 47.4. The summed E-state index contributed by atoms with van der Waals surface area (Å²) in [5.74, 6) is 1.22. The zero-order valence-electron chi connectivity index (χ0n) is 19.8. The number of piperazine rings is 1. The lowest BCUT2D eigenvalue weighted by atomic mass is 10.1. The molecule has 1 amide bonds. The Bertz CT molecular complexity index is 1190. The first kappa shape index (κ1) is 24.9. The van der Waals surface area contributed by atoms with E-state index in [0.717, 1.165) is 28.7 Å². The molecule has 180 valence electrons. The normalized spacial score (nSPS) is 13.5. The molecule has 9 heteroatoms. The fraction of sp³-hybridized carbons (Fsp3) is 0.400. The lowest BCUT2D eigenvalue weighted by molar-refractivity contribution is -0.122. The fourth-order valence-electron chi connectivity index (χ4n) is 4.02. The number of rotatable bonds is 5. The Morgan fingerprint density at radius 3 is 2.47 bits per heavy atom. The van der Waals surface area contributed by atoms with Gasteiger partial charge in [0.25, 0.3) is 17.9 Å².